The van der Waals surface area contributed by atoms with Crippen molar-refractivity contribution in [2.45, 2.75) is 33.6 Å². The average molecular weight is 142 g/mol. The molecular formula is C9H15F. The van der Waals surface area contributed by atoms with Crippen LogP contribution in [0.1, 0.15) is 33.6 Å². The normalized spacial score (nSPS) is 14.0. The lowest BCUT2D eigenvalue weighted by molar-refractivity contribution is 0.595. The van der Waals surface area contributed by atoms with E-state index in [0.29, 0.717) is 6.42 Å². The zero-order valence-corrected chi connectivity index (χ0v) is 6.95. The Labute approximate surface area is 62.4 Å². The van der Waals surface area contributed by atoms with Crippen LogP contribution in [-0.2, 0) is 0 Å². The second kappa shape index (κ2) is 5.21. The molecule has 0 aromatic heterocycles. The quantitative estimate of drug-likeness (QED) is 0.528. The molecule has 0 aliphatic rings. The zero-order valence-electron chi connectivity index (χ0n) is 6.95. The molecule has 0 aliphatic carbocycles. The molecule has 0 aromatic rings. The van der Waals surface area contributed by atoms with Gasteiger partial charge in [-0.3, -0.25) is 0 Å². The van der Waals surface area contributed by atoms with Gasteiger partial charge >= 0.3 is 0 Å². The van der Waals surface area contributed by atoms with Crippen LogP contribution >= 0.6 is 0 Å². The van der Waals surface area contributed by atoms with Crippen LogP contribution in [0, 0.1) is 0 Å². The summed E-state index contributed by atoms with van der Waals surface area (Å²) in [7, 11) is 0. The van der Waals surface area contributed by atoms with Crippen LogP contribution in [0.5, 0.6) is 0 Å². The zero-order chi connectivity index (χ0) is 7.98. The minimum atomic E-state index is -0.00954. The number of rotatable bonds is 3. The molecule has 0 aromatic carbocycles. The predicted molar refractivity (Wildman–Crippen MR) is 43.5 cm³/mol. The Morgan fingerprint density at radius 2 is 2.00 bits per heavy atom. The highest BCUT2D eigenvalue weighted by Gasteiger charge is 1.92. The molecule has 0 radical (unpaired) electrons. The number of allylic oxidation sites excluding steroid dienone is 4. The summed E-state index contributed by atoms with van der Waals surface area (Å²) in [5.41, 5.74) is 0.754. The van der Waals surface area contributed by atoms with E-state index in [1.165, 1.54) is 0 Å². The van der Waals surface area contributed by atoms with E-state index >= 15 is 0 Å². The third-order valence-corrected chi connectivity index (χ3v) is 1.34. The first-order valence-electron chi connectivity index (χ1n) is 3.74. The van der Waals surface area contributed by atoms with Gasteiger partial charge in [-0.15, -0.1) is 0 Å². The minimum Gasteiger partial charge on any atom is -0.212 e. The van der Waals surface area contributed by atoms with Crippen molar-refractivity contribution in [3.05, 3.63) is 23.6 Å². The Morgan fingerprint density at radius 1 is 1.40 bits per heavy atom. The second-order valence-corrected chi connectivity index (χ2v) is 2.25. The van der Waals surface area contributed by atoms with E-state index in [0.717, 1.165) is 12.0 Å². The fraction of sp³-hybridized carbons (Fsp3) is 0.556. The van der Waals surface area contributed by atoms with Crippen LogP contribution in [0.4, 0.5) is 4.39 Å². The van der Waals surface area contributed by atoms with E-state index in [1.54, 1.807) is 6.92 Å². The van der Waals surface area contributed by atoms with Crippen LogP contribution in [0.25, 0.3) is 0 Å². The first kappa shape index (κ1) is 9.41. The molecule has 0 aliphatic heterocycles. The van der Waals surface area contributed by atoms with Gasteiger partial charge < -0.3 is 0 Å². The molecule has 0 saturated heterocycles. The standard InChI is InChI=1S/C9H15F/c1-4-6-7-8(3)9(10)5-2/h6-7H,4-5H2,1-3H3/b7-6-,9-8+. The van der Waals surface area contributed by atoms with E-state index in [1.807, 2.05) is 26.0 Å². The lowest BCUT2D eigenvalue weighted by Gasteiger charge is -1.93. The smallest absolute Gasteiger partial charge is 0.103 e. The Morgan fingerprint density at radius 3 is 2.40 bits per heavy atom. The topological polar surface area (TPSA) is 0 Å². The van der Waals surface area contributed by atoms with Crippen molar-refractivity contribution >= 4 is 0 Å². The molecule has 0 spiro atoms. The molecule has 0 fully saturated rings. The van der Waals surface area contributed by atoms with Crippen molar-refractivity contribution in [2.75, 3.05) is 0 Å². The first-order chi connectivity index (χ1) is 4.72. The monoisotopic (exact) mass is 142 g/mol. The summed E-state index contributed by atoms with van der Waals surface area (Å²) >= 11 is 0. The summed E-state index contributed by atoms with van der Waals surface area (Å²) in [5, 5.41) is 0. The maximum absolute atomic E-state index is 12.7. The van der Waals surface area contributed by atoms with Gasteiger partial charge in [-0.1, -0.05) is 26.0 Å². The summed E-state index contributed by atoms with van der Waals surface area (Å²) in [5.74, 6) is -0.00954. The molecule has 0 N–H and O–H groups in total. The van der Waals surface area contributed by atoms with Crippen molar-refractivity contribution in [1.29, 1.82) is 0 Å². The second-order valence-electron chi connectivity index (χ2n) is 2.25. The van der Waals surface area contributed by atoms with Gasteiger partial charge in [-0.05, 0) is 25.3 Å². The summed E-state index contributed by atoms with van der Waals surface area (Å²) in [4.78, 5) is 0. The van der Waals surface area contributed by atoms with E-state index in [-0.39, 0.29) is 5.83 Å². The highest BCUT2D eigenvalue weighted by atomic mass is 19.1. The van der Waals surface area contributed by atoms with Crippen molar-refractivity contribution < 1.29 is 4.39 Å². The van der Waals surface area contributed by atoms with E-state index < -0.39 is 0 Å². The van der Waals surface area contributed by atoms with Gasteiger partial charge in [0.2, 0.25) is 0 Å². The van der Waals surface area contributed by atoms with Crippen LogP contribution in [0.2, 0.25) is 0 Å². The first-order valence-corrected chi connectivity index (χ1v) is 3.74. The van der Waals surface area contributed by atoms with E-state index in [2.05, 4.69) is 0 Å². The molecule has 58 valence electrons. The summed E-state index contributed by atoms with van der Waals surface area (Å²) in [6.45, 7) is 5.65. The van der Waals surface area contributed by atoms with Gasteiger partial charge in [0.1, 0.15) is 5.83 Å². The number of hydrogen-bond donors (Lipinski definition) is 0. The lowest BCUT2D eigenvalue weighted by Crippen LogP contribution is -1.75. The van der Waals surface area contributed by atoms with Crippen LogP contribution < -0.4 is 0 Å². The van der Waals surface area contributed by atoms with Crippen LogP contribution in [-0.4, -0.2) is 0 Å². The Balaban J connectivity index is 4.04. The van der Waals surface area contributed by atoms with Crippen LogP contribution in [0.15, 0.2) is 23.6 Å². The molecule has 0 amide bonds. The maximum atomic E-state index is 12.7. The Kier molecular flexibility index (Phi) is 4.91. The molecule has 0 saturated carbocycles. The highest BCUT2D eigenvalue weighted by molar-refractivity contribution is 5.19. The molecule has 0 bridgehead atoms. The van der Waals surface area contributed by atoms with Gasteiger partial charge in [-0.25, -0.2) is 4.39 Å². The highest BCUT2D eigenvalue weighted by Crippen LogP contribution is 2.10. The molecular weight excluding hydrogens is 127 g/mol. The van der Waals surface area contributed by atoms with Crippen molar-refractivity contribution in [1.82, 2.24) is 0 Å². The molecule has 0 unspecified atom stereocenters. The SMILES string of the molecule is CC/C=C\C(C)=C(\F)CC. The van der Waals surface area contributed by atoms with Gasteiger partial charge in [0.15, 0.2) is 0 Å². The Bertz CT molecular complexity index is 143. The van der Waals surface area contributed by atoms with Gasteiger partial charge in [-0.2, -0.15) is 0 Å². The third-order valence-electron chi connectivity index (χ3n) is 1.34. The lowest BCUT2D eigenvalue weighted by atomic mass is 10.2. The minimum absolute atomic E-state index is 0.00954. The summed E-state index contributed by atoms with van der Waals surface area (Å²) in [6.07, 6.45) is 5.26. The Hall–Kier alpha value is -0.590. The fourth-order valence-electron chi connectivity index (χ4n) is 0.664. The van der Waals surface area contributed by atoms with Gasteiger partial charge in [0.25, 0.3) is 0 Å². The van der Waals surface area contributed by atoms with Crippen molar-refractivity contribution in [3.8, 4) is 0 Å². The van der Waals surface area contributed by atoms with Gasteiger partial charge in [0, 0.05) is 0 Å². The molecule has 10 heavy (non-hydrogen) atoms. The molecule has 0 rings (SSSR count). The summed E-state index contributed by atoms with van der Waals surface area (Å²) in [6, 6.07) is 0. The van der Waals surface area contributed by atoms with E-state index in [4.69, 9.17) is 0 Å². The largest absolute Gasteiger partial charge is 0.212 e. The van der Waals surface area contributed by atoms with E-state index in [9.17, 15) is 4.39 Å². The third kappa shape index (κ3) is 3.44. The average Bonchev–Trinajstić information content (AvgIpc) is 1.98. The molecule has 0 atom stereocenters. The van der Waals surface area contributed by atoms with Crippen molar-refractivity contribution in [3.63, 3.8) is 0 Å². The van der Waals surface area contributed by atoms with Crippen LogP contribution in [0.3, 0.4) is 0 Å². The number of hydrogen-bond acceptors (Lipinski definition) is 0. The maximum Gasteiger partial charge on any atom is 0.103 e. The molecule has 0 heterocycles. The fourth-order valence-corrected chi connectivity index (χ4v) is 0.664. The predicted octanol–water partition coefficient (Wildman–Crippen LogP) is 3.61. The van der Waals surface area contributed by atoms with Crippen molar-refractivity contribution in [2.24, 2.45) is 0 Å². The van der Waals surface area contributed by atoms with Gasteiger partial charge in [0.05, 0.1) is 0 Å². The molecule has 0 nitrogen and oxygen atoms in total. The number of halogens is 1. The summed E-state index contributed by atoms with van der Waals surface area (Å²) < 4.78 is 12.7. The molecule has 1 heteroatoms.